The van der Waals surface area contributed by atoms with Gasteiger partial charge in [0, 0.05) is 19.3 Å². The van der Waals surface area contributed by atoms with E-state index in [0.717, 1.165) is 0 Å². The highest BCUT2D eigenvalue weighted by Crippen LogP contribution is 2.02. The summed E-state index contributed by atoms with van der Waals surface area (Å²) in [5.41, 5.74) is 0.441. The van der Waals surface area contributed by atoms with E-state index < -0.39 is 0 Å². The highest BCUT2D eigenvalue weighted by atomic mass is 16.5. The van der Waals surface area contributed by atoms with Gasteiger partial charge in [0.15, 0.2) is 11.6 Å². The van der Waals surface area contributed by atoms with Crippen molar-refractivity contribution in [3.63, 3.8) is 0 Å². The first-order valence-corrected chi connectivity index (χ1v) is 4.37. The number of rotatable bonds is 5. The maximum Gasteiger partial charge on any atom is 0.173 e. The van der Waals surface area contributed by atoms with E-state index in [0.29, 0.717) is 5.56 Å². The van der Waals surface area contributed by atoms with E-state index in [9.17, 15) is 9.59 Å². The molecular weight excluding hydrogens is 196 g/mol. The summed E-state index contributed by atoms with van der Waals surface area (Å²) in [5, 5.41) is 3.85. The van der Waals surface area contributed by atoms with Gasteiger partial charge in [0.25, 0.3) is 0 Å². The second-order valence-corrected chi connectivity index (χ2v) is 3.01. The average Bonchev–Trinajstić information content (AvgIpc) is 2.61. The molecule has 0 spiro atoms. The molecule has 0 aliphatic carbocycles. The Balaban J connectivity index is 2.56. The van der Waals surface area contributed by atoms with Gasteiger partial charge in [-0.25, -0.2) is 0 Å². The molecule has 1 heterocycles. The van der Waals surface area contributed by atoms with Crippen LogP contribution in [0.15, 0.2) is 24.7 Å². The number of ketones is 2. The van der Waals surface area contributed by atoms with E-state index in [1.54, 1.807) is 13.2 Å². The Morgan fingerprint density at radius 1 is 1.60 bits per heavy atom. The molecule has 1 aromatic rings. The fourth-order valence-corrected chi connectivity index (χ4v) is 1.03. The normalized spacial score (nSPS) is 10.5. The summed E-state index contributed by atoms with van der Waals surface area (Å²) >= 11 is 0. The first kappa shape index (κ1) is 11.2. The lowest BCUT2D eigenvalue weighted by Gasteiger charge is -1.93. The van der Waals surface area contributed by atoms with Gasteiger partial charge in [-0.1, -0.05) is 0 Å². The second kappa shape index (κ2) is 5.09. The minimum absolute atomic E-state index is 0.161. The Morgan fingerprint density at radius 2 is 2.33 bits per heavy atom. The third-order valence-corrected chi connectivity index (χ3v) is 1.75. The Hall–Kier alpha value is -1.91. The van der Waals surface area contributed by atoms with Crippen molar-refractivity contribution in [2.24, 2.45) is 7.05 Å². The third-order valence-electron chi connectivity index (χ3n) is 1.75. The zero-order chi connectivity index (χ0) is 11.3. The molecule has 0 fully saturated rings. The molecule has 0 saturated carbocycles. The molecule has 0 amide bonds. The fourth-order valence-electron chi connectivity index (χ4n) is 1.03. The van der Waals surface area contributed by atoms with E-state index in [1.165, 1.54) is 30.3 Å². The molecule has 0 saturated heterocycles. The predicted octanol–water partition coefficient (Wildman–Crippen LogP) is 0.722. The molecule has 0 bridgehead atoms. The van der Waals surface area contributed by atoms with Gasteiger partial charge >= 0.3 is 0 Å². The number of aromatic nitrogens is 2. The second-order valence-electron chi connectivity index (χ2n) is 3.01. The number of hydrogen-bond donors (Lipinski definition) is 0. The topological polar surface area (TPSA) is 61.2 Å². The smallest absolute Gasteiger partial charge is 0.173 e. The lowest BCUT2D eigenvalue weighted by Crippen LogP contribution is -2.05. The molecule has 15 heavy (non-hydrogen) atoms. The van der Waals surface area contributed by atoms with Crippen LogP contribution in [-0.4, -0.2) is 28.5 Å². The Bertz CT molecular complexity index is 393. The maximum atomic E-state index is 11.5. The van der Waals surface area contributed by atoms with Gasteiger partial charge in [0.05, 0.1) is 31.6 Å². The summed E-state index contributed by atoms with van der Waals surface area (Å²) in [6.07, 6.45) is 5.34. The van der Waals surface area contributed by atoms with Crippen molar-refractivity contribution < 1.29 is 14.3 Å². The lowest BCUT2D eigenvalue weighted by atomic mass is 10.1. The number of methoxy groups -OCH3 is 1. The SMILES string of the molecule is CO/C=C/C(=O)CC(=O)c1cnn(C)c1. The minimum atomic E-state index is -0.286. The number of allylic oxidation sites excluding steroid dienone is 1. The molecule has 1 rings (SSSR count). The fraction of sp³-hybridized carbons (Fsp3) is 0.300. The summed E-state index contributed by atoms with van der Waals surface area (Å²) in [6, 6.07) is 0. The molecule has 5 nitrogen and oxygen atoms in total. The highest BCUT2D eigenvalue weighted by Gasteiger charge is 2.11. The summed E-state index contributed by atoms with van der Waals surface area (Å²) in [5.74, 6) is -0.528. The summed E-state index contributed by atoms with van der Waals surface area (Å²) < 4.78 is 6.09. The molecule has 1 aromatic heterocycles. The van der Waals surface area contributed by atoms with Crippen LogP contribution < -0.4 is 0 Å². The van der Waals surface area contributed by atoms with Gasteiger partial charge < -0.3 is 4.74 Å². The molecule has 0 aliphatic rings. The van der Waals surface area contributed by atoms with Crippen LogP contribution >= 0.6 is 0 Å². The van der Waals surface area contributed by atoms with Gasteiger partial charge in [-0.15, -0.1) is 0 Å². The number of carbonyl (C=O) groups excluding carboxylic acids is 2. The Morgan fingerprint density at radius 3 is 2.87 bits per heavy atom. The predicted molar refractivity (Wildman–Crippen MR) is 53.3 cm³/mol. The summed E-state index contributed by atoms with van der Waals surface area (Å²) in [6.45, 7) is 0. The van der Waals surface area contributed by atoms with Crippen LogP contribution in [0.25, 0.3) is 0 Å². The van der Waals surface area contributed by atoms with Crippen molar-refractivity contribution in [3.8, 4) is 0 Å². The molecule has 0 aliphatic heterocycles. The quantitative estimate of drug-likeness (QED) is 0.309. The minimum Gasteiger partial charge on any atom is -0.504 e. The largest absolute Gasteiger partial charge is 0.504 e. The number of hydrogen-bond acceptors (Lipinski definition) is 4. The monoisotopic (exact) mass is 208 g/mol. The number of ether oxygens (including phenoxy) is 1. The molecule has 0 aromatic carbocycles. The van der Waals surface area contributed by atoms with Gasteiger partial charge in [0.2, 0.25) is 0 Å². The van der Waals surface area contributed by atoms with Crippen molar-refractivity contribution in [2.45, 2.75) is 6.42 Å². The van der Waals surface area contributed by atoms with Crippen LogP contribution in [0.5, 0.6) is 0 Å². The number of carbonyl (C=O) groups is 2. The van der Waals surface area contributed by atoms with Gasteiger partial charge in [-0.05, 0) is 0 Å². The first-order chi connectivity index (χ1) is 7.13. The molecule has 0 N–H and O–H groups in total. The van der Waals surface area contributed by atoms with Crippen LogP contribution in [0.4, 0.5) is 0 Å². The van der Waals surface area contributed by atoms with Crippen LogP contribution in [0.3, 0.4) is 0 Å². The van der Waals surface area contributed by atoms with Crippen LogP contribution in [0.1, 0.15) is 16.8 Å². The molecule has 80 valence electrons. The number of nitrogens with zero attached hydrogens (tertiary/aromatic N) is 2. The van der Waals surface area contributed by atoms with Gasteiger partial charge in [-0.3, -0.25) is 14.3 Å². The standard InChI is InChI=1S/C10H12N2O3/c1-12-7-8(6-11-12)10(14)5-9(13)3-4-15-2/h3-4,6-7H,5H2,1-2H3/b4-3+. The Kier molecular flexibility index (Phi) is 3.79. The zero-order valence-corrected chi connectivity index (χ0v) is 8.64. The molecule has 5 heteroatoms. The average molecular weight is 208 g/mol. The van der Waals surface area contributed by atoms with Crippen molar-refractivity contribution in [2.75, 3.05) is 7.11 Å². The van der Waals surface area contributed by atoms with E-state index in [-0.39, 0.29) is 18.0 Å². The summed E-state index contributed by atoms with van der Waals surface area (Å²) in [4.78, 5) is 22.7. The van der Waals surface area contributed by atoms with Crippen molar-refractivity contribution in [1.82, 2.24) is 9.78 Å². The Labute approximate surface area is 87.3 Å². The number of Topliss-reactive ketones (excluding diaryl/α,β-unsaturated/α-hetero) is 1. The van der Waals surface area contributed by atoms with Gasteiger partial charge in [-0.2, -0.15) is 5.10 Å². The van der Waals surface area contributed by atoms with Crippen LogP contribution in [0.2, 0.25) is 0 Å². The zero-order valence-electron chi connectivity index (χ0n) is 8.64. The van der Waals surface area contributed by atoms with Crippen molar-refractivity contribution in [1.29, 1.82) is 0 Å². The third kappa shape index (κ3) is 3.38. The van der Waals surface area contributed by atoms with E-state index >= 15 is 0 Å². The number of aryl methyl sites for hydroxylation is 1. The van der Waals surface area contributed by atoms with Gasteiger partial charge in [0.1, 0.15) is 0 Å². The van der Waals surface area contributed by atoms with Crippen molar-refractivity contribution in [3.05, 3.63) is 30.3 Å². The van der Waals surface area contributed by atoms with E-state index in [1.807, 2.05) is 0 Å². The lowest BCUT2D eigenvalue weighted by molar-refractivity contribution is -0.113. The molecule has 0 unspecified atom stereocenters. The van der Waals surface area contributed by atoms with Crippen LogP contribution in [-0.2, 0) is 16.6 Å². The van der Waals surface area contributed by atoms with E-state index in [4.69, 9.17) is 0 Å². The maximum absolute atomic E-state index is 11.5. The summed E-state index contributed by atoms with van der Waals surface area (Å²) in [7, 11) is 3.15. The van der Waals surface area contributed by atoms with E-state index in [2.05, 4.69) is 9.84 Å². The molecule has 0 radical (unpaired) electrons. The first-order valence-electron chi connectivity index (χ1n) is 4.37. The highest BCUT2D eigenvalue weighted by molar-refractivity contribution is 6.10. The van der Waals surface area contributed by atoms with Crippen LogP contribution in [0, 0.1) is 0 Å². The molecular formula is C10H12N2O3. The van der Waals surface area contributed by atoms with Crippen molar-refractivity contribution >= 4 is 11.6 Å². The molecule has 0 atom stereocenters.